The summed E-state index contributed by atoms with van der Waals surface area (Å²) in [5.41, 5.74) is -0.971. The number of fused-ring (bicyclic) bond motifs is 1. The molecule has 3 aliphatic rings. The fraction of sp³-hybridized carbons (Fsp3) is 0.524. The van der Waals surface area contributed by atoms with Crippen LogP contribution in [0.25, 0.3) is 0 Å². The molecule has 0 aliphatic carbocycles. The number of hydrogen-bond acceptors (Lipinski definition) is 8. The number of carbonyl (C=O) groups excluding carboxylic acids is 2. The van der Waals surface area contributed by atoms with Crippen molar-refractivity contribution < 1.29 is 24.2 Å². The summed E-state index contributed by atoms with van der Waals surface area (Å²) >= 11 is 9.72. The molecule has 2 unspecified atom stereocenters. The lowest BCUT2D eigenvalue weighted by molar-refractivity contribution is -0.201. The second-order valence-corrected chi connectivity index (χ2v) is 11.6. The van der Waals surface area contributed by atoms with Crippen molar-refractivity contribution in [3.05, 3.63) is 33.4 Å². The summed E-state index contributed by atoms with van der Waals surface area (Å²) in [4.78, 5) is 42.2. The van der Waals surface area contributed by atoms with E-state index in [9.17, 15) is 19.5 Å². The predicted octanol–water partition coefficient (Wildman–Crippen LogP) is 2.51. The van der Waals surface area contributed by atoms with Crippen LogP contribution in [-0.4, -0.2) is 80.1 Å². The zero-order valence-electron chi connectivity index (χ0n) is 18.0. The molecule has 1 aromatic rings. The number of amides is 2. The quantitative estimate of drug-likeness (QED) is 0.315. The molecule has 2 amide bonds. The van der Waals surface area contributed by atoms with Crippen LogP contribution in [0.15, 0.2) is 28.5 Å². The number of nitrogens with one attached hydrogen (secondary N) is 1. The van der Waals surface area contributed by atoms with E-state index in [0.717, 1.165) is 35.1 Å². The van der Waals surface area contributed by atoms with Crippen LogP contribution in [0.1, 0.15) is 24.1 Å². The molecule has 12 heteroatoms. The van der Waals surface area contributed by atoms with Gasteiger partial charge in [-0.3, -0.25) is 9.59 Å². The van der Waals surface area contributed by atoms with E-state index in [1.807, 2.05) is 17.5 Å². The Labute approximate surface area is 210 Å². The first kappa shape index (κ1) is 24.5. The third-order valence-electron chi connectivity index (χ3n) is 5.90. The smallest absolute Gasteiger partial charge is 0.330 e. The maximum absolute atomic E-state index is 13.2. The van der Waals surface area contributed by atoms with Gasteiger partial charge in [0.15, 0.2) is 6.04 Å². The molecule has 178 valence electrons. The minimum atomic E-state index is -1.58. The number of carboxylic acids is 1. The molecule has 4 heterocycles. The molecule has 0 bridgehead atoms. The number of thiocarbonyl (C=S) groups is 1. The lowest BCUT2D eigenvalue weighted by Gasteiger charge is -2.57. The molecule has 2 N–H and O–H groups in total. The van der Waals surface area contributed by atoms with Crippen LogP contribution >= 0.6 is 47.1 Å². The third kappa shape index (κ3) is 4.81. The summed E-state index contributed by atoms with van der Waals surface area (Å²) in [6.07, 6.45) is 3.55. The molecular formula is C21H25N3O5S4. The molecule has 8 nitrogen and oxygen atoms in total. The van der Waals surface area contributed by atoms with Crippen molar-refractivity contribution in [1.29, 1.82) is 0 Å². The van der Waals surface area contributed by atoms with E-state index in [4.69, 9.17) is 17.0 Å². The Hall–Kier alpha value is -1.60. The number of thiophene rings is 1. The number of nitrogens with zero attached hydrogens (tertiary/aromatic N) is 2. The molecule has 3 aliphatic heterocycles. The molecule has 2 saturated heterocycles. The number of thioether (sulfide) groups is 2. The van der Waals surface area contributed by atoms with Gasteiger partial charge in [-0.25, -0.2) is 4.79 Å². The highest BCUT2D eigenvalue weighted by atomic mass is 32.2. The summed E-state index contributed by atoms with van der Waals surface area (Å²) in [6.45, 7) is 1.85. The van der Waals surface area contributed by atoms with E-state index in [1.54, 1.807) is 5.41 Å². The molecule has 0 saturated carbocycles. The summed E-state index contributed by atoms with van der Waals surface area (Å²) in [6, 6.07) is 2.58. The van der Waals surface area contributed by atoms with E-state index in [2.05, 4.69) is 10.2 Å². The molecule has 33 heavy (non-hydrogen) atoms. The van der Waals surface area contributed by atoms with E-state index in [-0.39, 0.29) is 12.3 Å². The highest BCUT2D eigenvalue weighted by molar-refractivity contribution is 8.23. The average molecular weight is 528 g/mol. The fourth-order valence-electron chi connectivity index (χ4n) is 4.22. The van der Waals surface area contributed by atoms with Crippen LogP contribution in [0.4, 0.5) is 0 Å². The van der Waals surface area contributed by atoms with Crippen molar-refractivity contribution in [2.75, 3.05) is 26.0 Å². The van der Waals surface area contributed by atoms with E-state index >= 15 is 0 Å². The Morgan fingerprint density at radius 3 is 2.76 bits per heavy atom. The lowest BCUT2D eigenvalue weighted by Crippen LogP contribution is -2.83. The lowest BCUT2D eigenvalue weighted by atomic mass is 9.95. The van der Waals surface area contributed by atoms with Gasteiger partial charge in [0, 0.05) is 30.8 Å². The summed E-state index contributed by atoms with van der Waals surface area (Å²) in [7, 11) is 1.35. The van der Waals surface area contributed by atoms with Crippen LogP contribution in [0, 0.1) is 0 Å². The van der Waals surface area contributed by atoms with E-state index in [1.165, 1.54) is 53.3 Å². The monoisotopic (exact) mass is 527 g/mol. The van der Waals surface area contributed by atoms with Crippen molar-refractivity contribution in [3.8, 4) is 0 Å². The van der Waals surface area contributed by atoms with Crippen LogP contribution in [0.2, 0.25) is 0 Å². The number of piperidine rings is 1. The summed E-state index contributed by atoms with van der Waals surface area (Å²) in [5, 5.41) is 15.6. The van der Waals surface area contributed by atoms with Gasteiger partial charge in [-0.15, -0.1) is 23.1 Å². The Morgan fingerprint density at radius 2 is 2.12 bits per heavy atom. The predicted molar refractivity (Wildman–Crippen MR) is 134 cm³/mol. The molecule has 2 fully saturated rings. The Kier molecular flexibility index (Phi) is 7.69. The van der Waals surface area contributed by atoms with Crippen LogP contribution in [0.3, 0.4) is 0 Å². The van der Waals surface area contributed by atoms with Gasteiger partial charge in [-0.1, -0.05) is 30.0 Å². The van der Waals surface area contributed by atoms with Gasteiger partial charge in [0.2, 0.25) is 5.91 Å². The Balaban J connectivity index is 1.45. The Morgan fingerprint density at radius 1 is 1.36 bits per heavy atom. The third-order valence-corrected chi connectivity index (χ3v) is 9.63. The maximum atomic E-state index is 13.2. The number of carboxylic acid groups (broad SMARTS) is 1. The van der Waals surface area contributed by atoms with Gasteiger partial charge in [-0.2, -0.15) is 0 Å². The van der Waals surface area contributed by atoms with Crippen molar-refractivity contribution in [3.63, 3.8) is 0 Å². The molecule has 1 aromatic heterocycles. The number of likely N-dealkylation sites (tertiary alicyclic amines) is 1. The van der Waals surface area contributed by atoms with Gasteiger partial charge in [-0.05, 0) is 41.7 Å². The Bertz CT molecular complexity index is 963. The second-order valence-electron chi connectivity index (χ2n) is 7.98. The molecule has 0 radical (unpaired) electrons. The highest BCUT2D eigenvalue weighted by Gasteiger charge is 2.67. The normalized spacial score (nSPS) is 26.8. The average Bonchev–Trinajstić information content (AvgIpc) is 3.33. The SMILES string of the molecule is COC1(NC(=O)Cc2cccs2)C(=O)N2C(C(=O)O)C(CSC(=S)N3CCCCC3)=CS[C@@H]21. The molecule has 4 rings (SSSR count). The van der Waals surface area contributed by atoms with Gasteiger partial charge >= 0.3 is 5.97 Å². The number of rotatable bonds is 7. The van der Waals surface area contributed by atoms with Crippen molar-refractivity contribution in [2.45, 2.75) is 42.8 Å². The van der Waals surface area contributed by atoms with E-state index < -0.39 is 29.0 Å². The summed E-state index contributed by atoms with van der Waals surface area (Å²) < 4.78 is 6.25. The summed E-state index contributed by atoms with van der Waals surface area (Å²) in [5.74, 6) is -1.62. The van der Waals surface area contributed by atoms with E-state index in [0.29, 0.717) is 11.3 Å². The van der Waals surface area contributed by atoms with Gasteiger partial charge in [0.05, 0.1) is 6.42 Å². The topological polar surface area (TPSA) is 99.2 Å². The number of ether oxygens (including phenoxy) is 1. The second kappa shape index (κ2) is 10.3. The van der Waals surface area contributed by atoms with Gasteiger partial charge < -0.3 is 25.0 Å². The minimum Gasteiger partial charge on any atom is -0.479 e. The van der Waals surface area contributed by atoms with Gasteiger partial charge in [0.1, 0.15) is 9.69 Å². The maximum Gasteiger partial charge on any atom is 0.330 e. The first-order valence-electron chi connectivity index (χ1n) is 10.6. The van der Waals surface area contributed by atoms with Crippen LogP contribution in [0.5, 0.6) is 0 Å². The minimum absolute atomic E-state index is 0.126. The zero-order valence-corrected chi connectivity index (χ0v) is 21.3. The molecule has 0 spiro atoms. The number of hydrogen-bond donors (Lipinski definition) is 2. The van der Waals surface area contributed by atoms with Crippen LogP contribution < -0.4 is 5.32 Å². The van der Waals surface area contributed by atoms with Crippen LogP contribution in [-0.2, 0) is 25.5 Å². The van der Waals surface area contributed by atoms with Crippen molar-refractivity contribution in [1.82, 2.24) is 15.1 Å². The van der Waals surface area contributed by atoms with Crippen molar-refractivity contribution in [2.24, 2.45) is 0 Å². The number of methoxy groups -OCH3 is 1. The number of carbonyl (C=O) groups is 3. The fourth-order valence-corrected chi connectivity index (χ4v) is 7.60. The standard InChI is InChI=1S/C21H25N3O5S4/c1-29-21(22-15(25)10-14-6-5-9-31-14)18(28)24-16(17(26)27)13(11-32-19(21)24)12-33-20(30)23-7-3-2-4-8-23/h5-6,9,11,16,19H,2-4,7-8,10,12H2,1H3,(H,22,25)(H,26,27)/t16?,19-,21?/m1/s1. The first-order chi connectivity index (χ1) is 15.9. The molecule has 3 atom stereocenters. The number of β-lactam (4-membered cyclic amide) rings is 1. The zero-order chi connectivity index (χ0) is 23.6. The largest absolute Gasteiger partial charge is 0.479 e. The van der Waals surface area contributed by atoms with Crippen molar-refractivity contribution >= 4 is 69.2 Å². The first-order valence-corrected chi connectivity index (χ1v) is 13.8. The number of aliphatic carboxylic acids is 1. The molecular weight excluding hydrogens is 503 g/mol. The highest BCUT2D eigenvalue weighted by Crippen LogP contribution is 2.47. The van der Waals surface area contributed by atoms with Gasteiger partial charge in [0.25, 0.3) is 11.6 Å². The molecule has 0 aromatic carbocycles.